The number of nitrogens with zero attached hydrogens (tertiary/aromatic N) is 2. The Labute approximate surface area is 235 Å². The van der Waals surface area contributed by atoms with Crippen LogP contribution in [-0.4, -0.2) is 37.2 Å². The maximum atomic E-state index is 13.1. The molecule has 0 spiro atoms. The fourth-order valence-electron chi connectivity index (χ4n) is 3.87. The highest BCUT2D eigenvalue weighted by atomic mass is 16.6. The Morgan fingerprint density at radius 1 is 0.951 bits per heavy atom. The van der Waals surface area contributed by atoms with Gasteiger partial charge < -0.3 is 19.2 Å². The van der Waals surface area contributed by atoms with Gasteiger partial charge in [0.25, 0.3) is 17.5 Å². The Morgan fingerprint density at radius 3 is 2.39 bits per heavy atom. The van der Waals surface area contributed by atoms with Crippen LogP contribution in [0.3, 0.4) is 0 Å². The van der Waals surface area contributed by atoms with Crippen molar-refractivity contribution in [3.8, 4) is 22.8 Å². The highest BCUT2D eigenvalue weighted by molar-refractivity contribution is 6.05. The molecule has 0 saturated heterocycles. The second-order valence-corrected chi connectivity index (χ2v) is 8.65. The van der Waals surface area contributed by atoms with E-state index in [0.29, 0.717) is 45.3 Å². The Kier molecular flexibility index (Phi) is 8.90. The summed E-state index contributed by atoms with van der Waals surface area (Å²) in [7, 11) is 3.01. The summed E-state index contributed by atoms with van der Waals surface area (Å²) in [5, 5.41) is 17.6. The van der Waals surface area contributed by atoms with E-state index in [1.807, 2.05) is 0 Å². The molecule has 0 radical (unpaired) electrons. The van der Waals surface area contributed by atoms with E-state index in [2.05, 4.69) is 15.8 Å². The first kappa shape index (κ1) is 28.3. The van der Waals surface area contributed by atoms with Gasteiger partial charge in [-0.2, -0.15) is 5.10 Å². The minimum atomic E-state index is -0.682. The molecule has 1 heterocycles. The molecule has 0 bridgehead atoms. The van der Waals surface area contributed by atoms with E-state index < -0.39 is 16.7 Å². The van der Waals surface area contributed by atoms with E-state index in [4.69, 9.17) is 13.9 Å². The number of rotatable bonds is 10. The number of benzene rings is 3. The van der Waals surface area contributed by atoms with Crippen LogP contribution in [0.1, 0.15) is 27.2 Å². The van der Waals surface area contributed by atoms with Crippen LogP contribution in [0.2, 0.25) is 0 Å². The average molecular weight is 555 g/mol. The summed E-state index contributed by atoms with van der Waals surface area (Å²) in [6.07, 6.45) is 2.78. The summed E-state index contributed by atoms with van der Waals surface area (Å²) < 4.78 is 16.4. The second-order valence-electron chi connectivity index (χ2n) is 8.65. The van der Waals surface area contributed by atoms with Crippen molar-refractivity contribution in [1.29, 1.82) is 0 Å². The van der Waals surface area contributed by atoms with Gasteiger partial charge in [0, 0.05) is 23.3 Å². The van der Waals surface area contributed by atoms with E-state index in [9.17, 15) is 19.7 Å². The summed E-state index contributed by atoms with van der Waals surface area (Å²) in [5.41, 5.74) is 4.61. The Morgan fingerprint density at radius 2 is 1.71 bits per heavy atom. The van der Waals surface area contributed by atoms with E-state index in [-0.39, 0.29) is 11.4 Å². The SMILES string of the molecule is COc1ccc(/C=C(/NC(=O)c2ccccc2)C(=O)N/N=C\c2ccc(-c3ccc([N+](=O)[O-])cc3C)o2)cc1OC. The predicted molar refractivity (Wildman–Crippen MR) is 153 cm³/mol. The van der Waals surface area contributed by atoms with Crippen LogP contribution in [0.5, 0.6) is 11.5 Å². The molecule has 0 aliphatic rings. The van der Waals surface area contributed by atoms with Crippen LogP contribution in [0.15, 0.2) is 94.1 Å². The highest BCUT2D eigenvalue weighted by Crippen LogP contribution is 2.29. The van der Waals surface area contributed by atoms with E-state index in [1.54, 1.807) is 73.7 Å². The van der Waals surface area contributed by atoms with Crippen LogP contribution >= 0.6 is 0 Å². The summed E-state index contributed by atoms with van der Waals surface area (Å²) in [5.74, 6) is 0.607. The van der Waals surface area contributed by atoms with Crippen molar-refractivity contribution in [2.45, 2.75) is 6.92 Å². The summed E-state index contributed by atoms with van der Waals surface area (Å²) in [4.78, 5) is 36.5. The number of amides is 2. The zero-order chi connectivity index (χ0) is 29.4. The van der Waals surface area contributed by atoms with Gasteiger partial charge >= 0.3 is 0 Å². The predicted octanol–water partition coefficient (Wildman–Crippen LogP) is 5.10. The van der Waals surface area contributed by atoms with Gasteiger partial charge in [0.05, 0.1) is 25.4 Å². The van der Waals surface area contributed by atoms with Gasteiger partial charge in [0.15, 0.2) is 11.5 Å². The number of hydrogen-bond donors (Lipinski definition) is 2. The molecule has 1 aromatic heterocycles. The third-order valence-corrected chi connectivity index (χ3v) is 5.92. The number of non-ortho nitro benzene ring substituents is 1. The van der Waals surface area contributed by atoms with Crippen LogP contribution in [0.25, 0.3) is 17.4 Å². The number of hydrazone groups is 1. The van der Waals surface area contributed by atoms with Gasteiger partial charge in [-0.1, -0.05) is 24.3 Å². The fourth-order valence-corrected chi connectivity index (χ4v) is 3.87. The summed E-state index contributed by atoms with van der Waals surface area (Å²) in [6.45, 7) is 1.74. The Balaban J connectivity index is 1.53. The van der Waals surface area contributed by atoms with Crippen molar-refractivity contribution in [3.05, 3.63) is 117 Å². The molecule has 41 heavy (non-hydrogen) atoms. The molecule has 0 aliphatic carbocycles. The topological polar surface area (TPSA) is 145 Å². The lowest BCUT2D eigenvalue weighted by atomic mass is 10.1. The first-order valence-corrected chi connectivity index (χ1v) is 12.3. The molecule has 208 valence electrons. The number of aryl methyl sites for hydroxylation is 1. The number of furan rings is 1. The highest BCUT2D eigenvalue weighted by Gasteiger charge is 2.16. The van der Waals surface area contributed by atoms with Crippen molar-refractivity contribution >= 4 is 29.8 Å². The van der Waals surface area contributed by atoms with Crippen LogP contribution in [0, 0.1) is 17.0 Å². The number of carbonyl (C=O) groups is 2. The standard InChI is InChI=1S/C30H26N4O7/c1-19-15-22(34(37)38)10-12-24(19)26-14-11-23(41-26)18-31-33-30(36)25(32-29(35)21-7-5-4-6-8-21)16-20-9-13-27(39-2)28(17-20)40-3/h4-18H,1-3H3,(H,32,35)(H,33,36)/b25-16+,31-18-. The van der Waals surface area contributed by atoms with E-state index >= 15 is 0 Å². The van der Waals surface area contributed by atoms with E-state index in [0.717, 1.165) is 0 Å². The molecule has 0 aliphatic heterocycles. The van der Waals surface area contributed by atoms with Gasteiger partial charge in [0.1, 0.15) is 17.2 Å². The number of ether oxygens (including phenoxy) is 2. The molecule has 4 aromatic rings. The van der Waals surface area contributed by atoms with Crippen molar-refractivity contribution in [3.63, 3.8) is 0 Å². The molecular weight excluding hydrogens is 528 g/mol. The largest absolute Gasteiger partial charge is 0.493 e. The van der Waals surface area contributed by atoms with Gasteiger partial charge in [-0.25, -0.2) is 5.43 Å². The second kappa shape index (κ2) is 12.9. The van der Waals surface area contributed by atoms with Gasteiger partial charge in [-0.05, 0) is 66.6 Å². The Bertz CT molecular complexity index is 1640. The van der Waals surface area contributed by atoms with Crippen LogP contribution < -0.4 is 20.2 Å². The number of nitrogens with one attached hydrogen (secondary N) is 2. The van der Waals surface area contributed by atoms with Gasteiger partial charge in [-0.15, -0.1) is 0 Å². The molecule has 3 aromatic carbocycles. The van der Waals surface area contributed by atoms with Crippen molar-refractivity contribution < 1.29 is 28.4 Å². The molecule has 0 atom stereocenters. The smallest absolute Gasteiger partial charge is 0.287 e. The number of hydrogen-bond acceptors (Lipinski definition) is 8. The zero-order valence-corrected chi connectivity index (χ0v) is 22.4. The minimum absolute atomic E-state index is 0.0152. The lowest BCUT2D eigenvalue weighted by Gasteiger charge is -2.11. The molecule has 11 nitrogen and oxygen atoms in total. The van der Waals surface area contributed by atoms with Crippen LogP contribution in [0.4, 0.5) is 5.69 Å². The molecule has 0 fully saturated rings. The minimum Gasteiger partial charge on any atom is -0.493 e. The lowest BCUT2D eigenvalue weighted by Crippen LogP contribution is -2.32. The maximum Gasteiger partial charge on any atom is 0.287 e. The molecule has 0 saturated carbocycles. The monoisotopic (exact) mass is 554 g/mol. The third kappa shape index (κ3) is 7.03. The Hall–Kier alpha value is -5.71. The molecule has 11 heteroatoms. The van der Waals surface area contributed by atoms with Crippen molar-refractivity contribution in [2.75, 3.05) is 14.2 Å². The van der Waals surface area contributed by atoms with E-state index in [1.165, 1.54) is 38.6 Å². The molecule has 4 rings (SSSR count). The quantitative estimate of drug-likeness (QED) is 0.120. The van der Waals surface area contributed by atoms with Crippen molar-refractivity contribution in [1.82, 2.24) is 10.7 Å². The zero-order valence-electron chi connectivity index (χ0n) is 22.4. The van der Waals surface area contributed by atoms with Gasteiger partial charge in [0.2, 0.25) is 0 Å². The first-order valence-electron chi connectivity index (χ1n) is 12.3. The fraction of sp³-hybridized carbons (Fsp3) is 0.100. The molecule has 2 amide bonds. The number of nitro benzene ring substituents is 1. The first-order chi connectivity index (χ1) is 19.8. The third-order valence-electron chi connectivity index (χ3n) is 5.92. The van der Waals surface area contributed by atoms with Crippen LogP contribution in [-0.2, 0) is 4.79 Å². The number of methoxy groups -OCH3 is 2. The summed E-state index contributed by atoms with van der Waals surface area (Å²) >= 11 is 0. The normalized spacial score (nSPS) is 11.2. The maximum absolute atomic E-state index is 13.1. The number of nitro groups is 1. The lowest BCUT2D eigenvalue weighted by molar-refractivity contribution is -0.384. The van der Waals surface area contributed by atoms with Crippen molar-refractivity contribution in [2.24, 2.45) is 5.10 Å². The summed E-state index contributed by atoms with van der Waals surface area (Å²) in [6, 6.07) is 21.3. The number of carbonyl (C=O) groups excluding carboxylic acids is 2. The molecule has 0 unspecified atom stereocenters. The molecule has 2 N–H and O–H groups in total. The van der Waals surface area contributed by atoms with Gasteiger partial charge in [-0.3, -0.25) is 19.7 Å². The average Bonchev–Trinajstić information content (AvgIpc) is 3.45. The molecular formula is C30H26N4O7.